The first kappa shape index (κ1) is 23.1. The number of hydrogen-bond acceptors (Lipinski definition) is 4. The SMILES string of the molecule is CCCCCOc1ccc(C2c3c(-c4ccc(C)cc4)n[nH]c3C(=O)N2CCCOC)cc1. The predicted octanol–water partition coefficient (Wildman–Crippen LogP) is 5.54. The minimum Gasteiger partial charge on any atom is -0.494 e. The Labute approximate surface area is 195 Å². The second-order valence-corrected chi connectivity index (χ2v) is 8.60. The molecule has 1 amide bonds. The van der Waals surface area contributed by atoms with Gasteiger partial charge in [-0.2, -0.15) is 5.10 Å². The highest BCUT2D eigenvalue weighted by Crippen LogP contribution is 2.43. The second-order valence-electron chi connectivity index (χ2n) is 8.60. The zero-order valence-corrected chi connectivity index (χ0v) is 19.8. The maximum atomic E-state index is 13.3. The first-order valence-electron chi connectivity index (χ1n) is 11.8. The van der Waals surface area contributed by atoms with Gasteiger partial charge in [0.25, 0.3) is 5.91 Å². The minimum atomic E-state index is -0.200. The molecule has 1 aliphatic rings. The summed E-state index contributed by atoms with van der Waals surface area (Å²) < 4.78 is 11.1. The van der Waals surface area contributed by atoms with Gasteiger partial charge in [0.1, 0.15) is 11.4 Å². The molecule has 0 spiro atoms. The van der Waals surface area contributed by atoms with Crippen molar-refractivity contribution in [2.24, 2.45) is 0 Å². The van der Waals surface area contributed by atoms with Gasteiger partial charge in [0.2, 0.25) is 0 Å². The van der Waals surface area contributed by atoms with Crippen LogP contribution in [0.4, 0.5) is 0 Å². The largest absolute Gasteiger partial charge is 0.494 e. The quantitative estimate of drug-likeness (QED) is 0.392. The van der Waals surface area contributed by atoms with Crippen LogP contribution in [0.1, 0.15) is 65.8 Å². The number of carbonyl (C=O) groups is 1. The number of amides is 1. The van der Waals surface area contributed by atoms with Crippen LogP contribution in [-0.4, -0.2) is 47.9 Å². The van der Waals surface area contributed by atoms with Crippen LogP contribution in [0.25, 0.3) is 11.3 Å². The molecular formula is C27H33N3O3. The number of aryl methyl sites for hydroxylation is 1. The molecule has 6 nitrogen and oxygen atoms in total. The Morgan fingerprint density at radius 2 is 1.76 bits per heavy atom. The van der Waals surface area contributed by atoms with Crippen LogP contribution in [0.15, 0.2) is 48.5 Å². The van der Waals surface area contributed by atoms with Crippen LogP contribution in [0.3, 0.4) is 0 Å². The van der Waals surface area contributed by atoms with E-state index in [-0.39, 0.29) is 11.9 Å². The van der Waals surface area contributed by atoms with Crippen molar-refractivity contribution in [2.45, 2.75) is 45.6 Å². The molecule has 0 aliphatic carbocycles. The van der Waals surface area contributed by atoms with E-state index in [1.165, 1.54) is 18.4 Å². The number of nitrogens with zero attached hydrogens (tertiary/aromatic N) is 2. The lowest BCUT2D eigenvalue weighted by Gasteiger charge is -2.26. The van der Waals surface area contributed by atoms with E-state index in [4.69, 9.17) is 9.47 Å². The van der Waals surface area contributed by atoms with Gasteiger partial charge in [0.15, 0.2) is 0 Å². The molecule has 0 fully saturated rings. The zero-order valence-electron chi connectivity index (χ0n) is 19.8. The Morgan fingerprint density at radius 1 is 1.00 bits per heavy atom. The van der Waals surface area contributed by atoms with Gasteiger partial charge in [-0.3, -0.25) is 9.89 Å². The normalized spacial score (nSPS) is 15.2. The molecule has 2 heterocycles. The molecule has 6 heteroatoms. The van der Waals surface area contributed by atoms with Gasteiger partial charge in [-0.15, -0.1) is 0 Å². The molecule has 4 rings (SSSR count). The minimum absolute atomic E-state index is 0.0168. The highest BCUT2D eigenvalue weighted by atomic mass is 16.5. The average molecular weight is 448 g/mol. The second kappa shape index (κ2) is 10.7. The third-order valence-electron chi connectivity index (χ3n) is 6.15. The topological polar surface area (TPSA) is 67.5 Å². The Hall–Kier alpha value is -3.12. The van der Waals surface area contributed by atoms with Crippen molar-refractivity contribution < 1.29 is 14.3 Å². The van der Waals surface area contributed by atoms with Crippen LogP contribution in [0, 0.1) is 6.92 Å². The van der Waals surface area contributed by atoms with Gasteiger partial charge in [-0.1, -0.05) is 61.7 Å². The number of aromatic nitrogens is 2. The van der Waals surface area contributed by atoms with Crippen molar-refractivity contribution >= 4 is 5.91 Å². The zero-order chi connectivity index (χ0) is 23.2. The number of nitrogens with one attached hydrogen (secondary N) is 1. The molecule has 33 heavy (non-hydrogen) atoms. The number of rotatable bonds is 11. The molecule has 1 N–H and O–H groups in total. The number of hydrogen-bond donors (Lipinski definition) is 1. The summed E-state index contributed by atoms with van der Waals surface area (Å²) in [4.78, 5) is 15.3. The molecule has 2 aromatic carbocycles. The van der Waals surface area contributed by atoms with Crippen LogP contribution >= 0.6 is 0 Å². The molecule has 0 saturated carbocycles. The van der Waals surface area contributed by atoms with Gasteiger partial charge in [0, 0.05) is 31.4 Å². The molecule has 1 unspecified atom stereocenters. The summed E-state index contributed by atoms with van der Waals surface area (Å²) in [6, 6.07) is 16.2. The van der Waals surface area contributed by atoms with E-state index < -0.39 is 0 Å². The summed E-state index contributed by atoms with van der Waals surface area (Å²) in [5, 5.41) is 7.57. The first-order chi connectivity index (χ1) is 16.1. The first-order valence-corrected chi connectivity index (χ1v) is 11.8. The monoisotopic (exact) mass is 447 g/mol. The van der Waals surface area contributed by atoms with Gasteiger partial charge in [-0.05, 0) is 37.5 Å². The fraction of sp³-hybridized carbons (Fsp3) is 0.407. The maximum Gasteiger partial charge on any atom is 0.273 e. The number of unbranched alkanes of at least 4 members (excludes halogenated alkanes) is 2. The van der Waals surface area contributed by atoms with E-state index >= 15 is 0 Å². The highest BCUT2D eigenvalue weighted by Gasteiger charge is 2.41. The molecule has 1 aromatic heterocycles. The van der Waals surface area contributed by atoms with Crippen LogP contribution in [0.5, 0.6) is 5.75 Å². The van der Waals surface area contributed by atoms with E-state index in [0.29, 0.717) is 18.8 Å². The Kier molecular flexibility index (Phi) is 7.45. The van der Waals surface area contributed by atoms with Crippen LogP contribution < -0.4 is 4.74 Å². The Balaban J connectivity index is 1.66. The summed E-state index contributed by atoms with van der Waals surface area (Å²) in [6.45, 7) is 6.20. The standard InChI is InChI=1S/C27H33N3O3/c1-4-5-6-18-33-22-14-12-21(13-15-22)26-23-24(20-10-8-19(2)9-11-20)28-29-25(23)27(31)30(26)16-7-17-32-3/h8-15,26H,4-7,16-18H2,1-3H3,(H,28,29). The van der Waals surface area contributed by atoms with Crippen molar-refractivity contribution in [3.63, 3.8) is 0 Å². The van der Waals surface area contributed by atoms with Crippen LogP contribution in [-0.2, 0) is 4.74 Å². The lowest BCUT2D eigenvalue weighted by Crippen LogP contribution is -2.31. The van der Waals surface area contributed by atoms with E-state index in [1.807, 2.05) is 17.0 Å². The number of methoxy groups -OCH3 is 1. The molecule has 3 aromatic rings. The number of H-pyrrole nitrogens is 1. The number of aromatic amines is 1. The summed E-state index contributed by atoms with van der Waals surface area (Å²) in [5.41, 5.74) is 5.60. The summed E-state index contributed by atoms with van der Waals surface area (Å²) in [7, 11) is 1.68. The summed E-state index contributed by atoms with van der Waals surface area (Å²) in [5.74, 6) is 0.841. The lowest BCUT2D eigenvalue weighted by atomic mass is 9.95. The average Bonchev–Trinajstić information content (AvgIpc) is 3.37. The molecule has 1 aliphatic heterocycles. The number of carbonyl (C=O) groups excluding carboxylic acids is 1. The predicted molar refractivity (Wildman–Crippen MR) is 130 cm³/mol. The van der Waals surface area contributed by atoms with Gasteiger partial charge < -0.3 is 14.4 Å². The highest BCUT2D eigenvalue weighted by molar-refractivity contribution is 6.00. The van der Waals surface area contributed by atoms with E-state index in [2.05, 4.69) is 60.4 Å². The van der Waals surface area contributed by atoms with Crippen LogP contribution in [0.2, 0.25) is 0 Å². The van der Waals surface area contributed by atoms with Crippen molar-refractivity contribution in [3.8, 4) is 17.0 Å². The molecule has 1 atom stereocenters. The smallest absolute Gasteiger partial charge is 0.273 e. The summed E-state index contributed by atoms with van der Waals surface area (Å²) >= 11 is 0. The fourth-order valence-electron chi connectivity index (χ4n) is 4.37. The number of fused-ring (bicyclic) bond motifs is 1. The van der Waals surface area contributed by atoms with Crippen molar-refractivity contribution in [3.05, 3.63) is 70.9 Å². The number of ether oxygens (including phenoxy) is 2. The number of benzene rings is 2. The lowest BCUT2D eigenvalue weighted by molar-refractivity contribution is 0.0723. The Bertz CT molecular complexity index is 1060. The van der Waals surface area contributed by atoms with Crippen molar-refractivity contribution in [1.82, 2.24) is 15.1 Å². The summed E-state index contributed by atoms with van der Waals surface area (Å²) in [6.07, 6.45) is 4.17. The van der Waals surface area contributed by atoms with Gasteiger partial charge >= 0.3 is 0 Å². The molecule has 0 radical (unpaired) electrons. The Morgan fingerprint density at radius 3 is 2.45 bits per heavy atom. The van der Waals surface area contributed by atoms with Gasteiger partial charge in [-0.25, -0.2) is 0 Å². The third-order valence-corrected chi connectivity index (χ3v) is 6.15. The third kappa shape index (κ3) is 4.96. The molecular weight excluding hydrogens is 414 g/mol. The van der Waals surface area contributed by atoms with Crippen molar-refractivity contribution in [1.29, 1.82) is 0 Å². The molecule has 174 valence electrons. The fourth-order valence-corrected chi connectivity index (χ4v) is 4.37. The maximum absolute atomic E-state index is 13.3. The van der Waals surface area contributed by atoms with Crippen molar-refractivity contribution in [2.75, 3.05) is 26.9 Å². The van der Waals surface area contributed by atoms with E-state index in [9.17, 15) is 4.79 Å². The molecule has 0 saturated heterocycles. The molecule has 0 bridgehead atoms. The van der Waals surface area contributed by atoms with E-state index in [0.717, 1.165) is 47.6 Å². The van der Waals surface area contributed by atoms with Gasteiger partial charge in [0.05, 0.1) is 18.3 Å². The van der Waals surface area contributed by atoms with E-state index in [1.54, 1.807) is 7.11 Å².